The SMILES string of the molecule is CC(C)(C)c1cc(C(C)(C)CO)c(O)cc1NC(=O)c1c[nH]c2ccccc2c1=O.CC(C)(C)c1cc2c(cc1NC(=O)c1c[nH]c3ccccc3c1=O)OC(=O)C2(C)C. The van der Waals surface area contributed by atoms with Crippen LogP contribution in [0, 0.1) is 0 Å². The van der Waals surface area contributed by atoms with Crippen molar-refractivity contribution in [3.8, 4) is 11.5 Å². The number of carbonyl (C=O) groups is 3. The number of esters is 1. The molecule has 2 amide bonds. The molecule has 0 fully saturated rings. The fraction of sp³-hybridized carbons (Fsp3) is 0.312. The third-order valence-corrected chi connectivity index (χ3v) is 10.9. The van der Waals surface area contributed by atoms with Gasteiger partial charge in [-0.05, 0) is 72.2 Å². The van der Waals surface area contributed by atoms with E-state index < -0.39 is 22.6 Å². The highest BCUT2D eigenvalue weighted by Gasteiger charge is 2.42. The maximum absolute atomic E-state index is 13.0. The molecular weight excluding hydrogens is 761 g/mol. The number of carbonyl (C=O) groups excluding carboxylic acids is 3. The van der Waals surface area contributed by atoms with E-state index in [4.69, 9.17) is 4.74 Å². The smallest absolute Gasteiger partial charge is 0.321 e. The molecule has 3 heterocycles. The number of aromatic hydroxyl groups is 1. The fourth-order valence-corrected chi connectivity index (χ4v) is 7.21. The Morgan fingerprint density at radius 2 is 1.12 bits per heavy atom. The summed E-state index contributed by atoms with van der Waals surface area (Å²) in [7, 11) is 0. The minimum absolute atomic E-state index is 0.00665. The van der Waals surface area contributed by atoms with Crippen LogP contribution in [0.25, 0.3) is 21.8 Å². The van der Waals surface area contributed by atoms with E-state index in [1.165, 1.54) is 18.5 Å². The molecule has 7 rings (SSSR count). The van der Waals surface area contributed by atoms with Crippen LogP contribution in [0.5, 0.6) is 11.5 Å². The summed E-state index contributed by atoms with van der Waals surface area (Å²) in [6.07, 6.45) is 2.83. The van der Waals surface area contributed by atoms with Crippen LogP contribution in [-0.4, -0.2) is 44.6 Å². The van der Waals surface area contributed by atoms with Gasteiger partial charge in [0, 0.05) is 74.2 Å². The molecule has 6 N–H and O–H groups in total. The minimum atomic E-state index is -0.757. The Balaban J connectivity index is 0.000000201. The van der Waals surface area contributed by atoms with Gasteiger partial charge in [-0.2, -0.15) is 0 Å². The summed E-state index contributed by atoms with van der Waals surface area (Å²) in [6, 6.07) is 20.9. The molecule has 0 aliphatic carbocycles. The molecule has 0 atom stereocenters. The van der Waals surface area contributed by atoms with Crippen molar-refractivity contribution >= 4 is 51.0 Å². The Kier molecular flexibility index (Phi) is 11.2. The molecule has 12 nitrogen and oxygen atoms in total. The number of aliphatic hydroxyl groups excluding tert-OH is 1. The van der Waals surface area contributed by atoms with Crippen LogP contribution in [0.15, 0.2) is 94.8 Å². The predicted octanol–water partition coefficient (Wildman–Crippen LogP) is 8.33. The number of nitrogens with one attached hydrogen (secondary N) is 4. The van der Waals surface area contributed by atoms with Crippen LogP contribution in [0.4, 0.5) is 11.4 Å². The van der Waals surface area contributed by atoms with Crippen LogP contribution in [0.3, 0.4) is 0 Å². The van der Waals surface area contributed by atoms with Crippen LogP contribution in [0.1, 0.15) is 112 Å². The number of pyridine rings is 2. The normalized spacial score (nSPS) is 13.6. The van der Waals surface area contributed by atoms with Crippen LogP contribution in [-0.2, 0) is 26.5 Å². The van der Waals surface area contributed by atoms with Crippen molar-refractivity contribution in [3.63, 3.8) is 0 Å². The summed E-state index contributed by atoms with van der Waals surface area (Å²) < 4.78 is 5.44. The van der Waals surface area contributed by atoms with E-state index in [9.17, 15) is 34.2 Å². The van der Waals surface area contributed by atoms with E-state index in [0.29, 0.717) is 44.5 Å². The number of rotatable bonds is 6. The van der Waals surface area contributed by atoms with Crippen molar-refractivity contribution in [1.29, 1.82) is 0 Å². The Bertz CT molecular complexity index is 2820. The second kappa shape index (κ2) is 15.6. The quantitative estimate of drug-likeness (QED) is 0.0715. The average molecular weight is 813 g/mol. The zero-order chi connectivity index (χ0) is 44.1. The lowest BCUT2D eigenvalue weighted by Crippen LogP contribution is -2.26. The zero-order valence-corrected chi connectivity index (χ0v) is 35.6. The molecule has 1 aliphatic heterocycles. The first kappa shape index (κ1) is 43.1. The summed E-state index contributed by atoms with van der Waals surface area (Å²) in [4.78, 5) is 69.8. The average Bonchev–Trinajstić information content (AvgIpc) is 3.40. The van der Waals surface area contributed by atoms with E-state index >= 15 is 0 Å². The molecule has 2 aromatic heterocycles. The molecular formula is C48H52N4O8. The number of amides is 2. The highest BCUT2D eigenvalue weighted by Crippen LogP contribution is 2.45. The Morgan fingerprint density at radius 1 is 0.667 bits per heavy atom. The van der Waals surface area contributed by atoms with Gasteiger partial charge in [0.15, 0.2) is 0 Å². The van der Waals surface area contributed by atoms with Crippen molar-refractivity contribution in [2.75, 3.05) is 17.2 Å². The predicted molar refractivity (Wildman–Crippen MR) is 236 cm³/mol. The summed E-state index contributed by atoms with van der Waals surface area (Å²) in [5.74, 6) is -0.991. The molecule has 1 aliphatic rings. The van der Waals surface area contributed by atoms with Gasteiger partial charge in [-0.1, -0.05) is 79.7 Å². The highest BCUT2D eigenvalue weighted by molar-refractivity contribution is 6.07. The van der Waals surface area contributed by atoms with E-state index in [-0.39, 0.29) is 51.1 Å². The first-order chi connectivity index (χ1) is 27.9. The van der Waals surface area contributed by atoms with Crippen molar-refractivity contribution in [1.82, 2.24) is 9.97 Å². The molecule has 60 heavy (non-hydrogen) atoms. The zero-order valence-electron chi connectivity index (χ0n) is 35.6. The third kappa shape index (κ3) is 8.20. The summed E-state index contributed by atoms with van der Waals surface area (Å²) in [5.41, 5.74) is 2.55. The third-order valence-electron chi connectivity index (χ3n) is 10.9. The molecule has 0 unspecified atom stereocenters. The fourth-order valence-electron chi connectivity index (χ4n) is 7.21. The van der Waals surface area contributed by atoms with Gasteiger partial charge < -0.3 is 35.6 Å². The molecule has 0 bridgehead atoms. The van der Waals surface area contributed by atoms with E-state index in [2.05, 4.69) is 20.6 Å². The Morgan fingerprint density at radius 3 is 1.58 bits per heavy atom. The van der Waals surface area contributed by atoms with Gasteiger partial charge in [-0.15, -0.1) is 0 Å². The van der Waals surface area contributed by atoms with Gasteiger partial charge in [0.25, 0.3) is 11.8 Å². The number of hydrogen-bond acceptors (Lipinski definition) is 8. The molecule has 0 spiro atoms. The number of para-hydroxylation sites is 2. The second-order valence-electron chi connectivity index (χ2n) is 18.4. The molecule has 6 aromatic rings. The molecule has 4 aromatic carbocycles. The van der Waals surface area contributed by atoms with E-state index in [0.717, 1.165) is 16.7 Å². The number of phenols is 1. The number of hydrogen-bond donors (Lipinski definition) is 6. The summed E-state index contributed by atoms with van der Waals surface area (Å²) >= 11 is 0. The lowest BCUT2D eigenvalue weighted by Gasteiger charge is -2.29. The lowest BCUT2D eigenvalue weighted by atomic mass is 9.78. The number of benzene rings is 4. The van der Waals surface area contributed by atoms with Gasteiger partial charge >= 0.3 is 5.97 Å². The Hall–Kier alpha value is -6.53. The first-order valence-corrected chi connectivity index (χ1v) is 19.7. The van der Waals surface area contributed by atoms with Gasteiger partial charge in [-0.3, -0.25) is 24.0 Å². The van der Waals surface area contributed by atoms with Crippen LogP contribution < -0.4 is 26.2 Å². The maximum Gasteiger partial charge on any atom is 0.321 e. The summed E-state index contributed by atoms with van der Waals surface area (Å²) in [6.45, 7) is 19.2. The lowest BCUT2D eigenvalue weighted by molar-refractivity contribution is -0.137. The number of anilines is 2. The first-order valence-electron chi connectivity index (χ1n) is 19.7. The minimum Gasteiger partial charge on any atom is -0.508 e. The molecule has 0 radical (unpaired) electrons. The van der Waals surface area contributed by atoms with Gasteiger partial charge in [0.05, 0.1) is 12.0 Å². The number of phenolic OH excluding ortho intramolecular Hbond substituents is 1. The molecule has 12 heteroatoms. The van der Waals surface area contributed by atoms with Gasteiger partial charge in [0.1, 0.15) is 22.6 Å². The number of H-pyrrole nitrogens is 2. The number of ether oxygens (including phenoxy) is 1. The van der Waals surface area contributed by atoms with Gasteiger partial charge in [-0.25, -0.2) is 0 Å². The van der Waals surface area contributed by atoms with Crippen molar-refractivity contribution in [2.45, 2.75) is 90.9 Å². The van der Waals surface area contributed by atoms with Gasteiger partial charge in [0.2, 0.25) is 10.9 Å². The number of aromatic nitrogens is 2. The van der Waals surface area contributed by atoms with E-state index in [1.807, 2.05) is 93.5 Å². The molecule has 0 saturated heterocycles. The topological polar surface area (TPSA) is 191 Å². The van der Waals surface area contributed by atoms with Crippen molar-refractivity contribution in [2.24, 2.45) is 0 Å². The van der Waals surface area contributed by atoms with E-state index in [1.54, 1.807) is 42.5 Å². The van der Waals surface area contributed by atoms with Crippen molar-refractivity contribution < 1.29 is 29.3 Å². The Labute approximate surface area is 348 Å². The number of aromatic amines is 2. The standard InChI is InChI=1S/C24H24N2O4.C24H28N2O4/c1-23(2,3)15-10-16-19(30-22(29)24(16,4)5)11-18(15)26-21(28)14-12-25-17-9-7-6-8-13(17)20(14)27;1-23(2,3)16-10-17(24(4,5)13-27)20(28)11-19(16)26-22(30)15-12-25-18-9-7-6-8-14(18)21(15)29/h6-12H,1-5H3,(H,25,27)(H,26,28);6-12,27-28H,13H2,1-5H3,(H,25,29)(H,26,30). The number of fused-ring (bicyclic) bond motifs is 3. The second-order valence-corrected chi connectivity index (χ2v) is 18.4. The summed E-state index contributed by atoms with van der Waals surface area (Å²) in [5, 5.41) is 26.9. The highest BCUT2D eigenvalue weighted by atomic mass is 16.5. The van der Waals surface area contributed by atoms with Crippen LogP contribution >= 0.6 is 0 Å². The monoisotopic (exact) mass is 812 g/mol. The maximum atomic E-state index is 13.0. The molecule has 312 valence electrons. The van der Waals surface area contributed by atoms with Crippen LogP contribution in [0.2, 0.25) is 0 Å². The van der Waals surface area contributed by atoms with Crippen molar-refractivity contribution in [3.05, 3.63) is 139 Å². The number of aliphatic hydroxyl groups is 1. The molecule has 0 saturated carbocycles. The largest absolute Gasteiger partial charge is 0.508 e.